The first kappa shape index (κ1) is 19.6. The maximum Gasteiger partial charge on any atom is 0.243 e. The lowest BCUT2D eigenvalue weighted by Gasteiger charge is -2.44. The highest BCUT2D eigenvalue weighted by molar-refractivity contribution is 6.32. The second-order valence-electron chi connectivity index (χ2n) is 7.67. The maximum atomic E-state index is 13.8. The van der Waals surface area contributed by atoms with Gasteiger partial charge in [-0.1, -0.05) is 47.5 Å². The molecule has 1 amide bonds. The number of amides is 1. The van der Waals surface area contributed by atoms with Gasteiger partial charge in [0.1, 0.15) is 15.8 Å². The number of hydrogen-bond donors (Lipinski definition) is 1. The predicted molar refractivity (Wildman–Crippen MR) is 112 cm³/mol. The highest BCUT2D eigenvalue weighted by Gasteiger charge is 2.49. The van der Waals surface area contributed by atoms with Crippen LogP contribution in [0.1, 0.15) is 16.7 Å². The van der Waals surface area contributed by atoms with Crippen LogP contribution < -0.4 is 5.32 Å². The first-order chi connectivity index (χ1) is 13.5. The van der Waals surface area contributed by atoms with Crippen molar-refractivity contribution in [2.45, 2.75) is 24.9 Å². The molecule has 0 saturated carbocycles. The molecular weight excluding hydrogens is 395 g/mol. The molecule has 4 rings (SSSR count). The number of piperazine rings is 1. The molecule has 0 atom stereocenters. The first-order valence-electron chi connectivity index (χ1n) is 9.58. The van der Waals surface area contributed by atoms with Crippen molar-refractivity contribution in [2.24, 2.45) is 0 Å². The Bertz CT molecular complexity index is 837. The largest absolute Gasteiger partial charge is 0.340 e. The molecular formula is C21H24Cl2N4O. The number of nitrogens with one attached hydrogen (secondary N) is 1. The molecule has 2 aliphatic rings. The molecule has 1 aromatic heterocycles. The van der Waals surface area contributed by atoms with Gasteiger partial charge in [-0.25, -0.2) is 4.98 Å². The molecule has 1 aliphatic carbocycles. The van der Waals surface area contributed by atoms with E-state index in [9.17, 15) is 4.79 Å². The predicted octanol–water partition coefficient (Wildman–Crippen LogP) is 2.79. The van der Waals surface area contributed by atoms with Gasteiger partial charge in [-0.3, -0.25) is 9.69 Å². The third kappa shape index (κ3) is 3.77. The lowest BCUT2D eigenvalue weighted by Crippen LogP contribution is -2.63. The van der Waals surface area contributed by atoms with E-state index in [0.717, 1.165) is 44.6 Å². The van der Waals surface area contributed by atoms with Gasteiger partial charge in [-0.15, -0.1) is 0 Å². The van der Waals surface area contributed by atoms with Crippen LogP contribution in [0.4, 0.5) is 0 Å². The number of fused-ring (bicyclic) bond motifs is 1. The highest BCUT2D eigenvalue weighted by Crippen LogP contribution is 2.36. The Labute approximate surface area is 175 Å². The van der Waals surface area contributed by atoms with Crippen molar-refractivity contribution in [3.8, 4) is 0 Å². The van der Waals surface area contributed by atoms with Gasteiger partial charge in [-0.2, -0.15) is 0 Å². The van der Waals surface area contributed by atoms with Gasteiger partial charge in [-0.05, 0) is 28.8 Å². The highest BCUT2D eigenvalue weighted by atomic mass is 35.5. The number of nitrogens with zero attached hydrogens (tertiary/aromatic N) is 3. The van der Waals surface area contributed by atoms with Crippen LogP contribution in [0.15, 0.2) is 36.4 Å². The summed E-state index contributed by atoms with van der Waals surface area (Å²) in [6.07, 6.45) is 1.51. The Morgan fingerprint density at radius 1 is 1.14 bits per heavy atom. The molecule has 0 unspecified atom stereocenters. The van der Waals surface area contributed by atoms with Crippen LogP contribution in [0.2, 0.25) is 10.3 Å². The number of hydrogen-bond acceptors (Lipinski definition) is 4. The molecule has 1 aliphatic heterocycles. The summed E-state index contributed by atoms with van der Waals surface area (Å²) in [6, 6.07) is 11.9. The maximum absolute atomic E-state index is 13.8. The Hall–Kier alpha value is -1.66. The molecule has 5 nitrogen and oxygen atoms in total. The SMILES string of the molecule is CN(Cc1cc(Cl)nc(Cl)c1)C(=O)C1(N2CCNCC2)Cc2ccccc2C1. The van der Waals surface area contributed by atoms with Crippen molar-refractivity contribution in [2.75, 3.05) is 33.2 Å². The van der Waals surface area contributed by atoms with Gasteiger partial charge < -0.3 is 10.2 Å². The van der Waals surface area contributed by atoms with Gasteiger partial charge in [0.2, 0.25) is 5.91 Å². The Balaban J connectivity index is 1.62. The fraction of sp³-hybridized carbons (Fsp3) is 0.429. The molecule has 0 radical (unpaired) electrons. The minimum Gasteiger partial charge on any atom is -0.340 e. The van der Waals surface area contributed by atoms with Crippen molar-refractivity contribution in [1.82, 2.24) is 20.1 Å². The summed E-state index contributed by atoms with van der Waals surface area (Å²) >= 11 is 12.1. The van der Waals surface area contributed by atoms with Crippen molar-refractivity contribution in [3.05, 3.63) is 63.4 Å². The third-order valence-corrected chi connectivity index (χ3v) is 6.18. The van der Waals surface area contributed by atoms with Crippen LogP contribution in [0.5, 0.6) is 0 Å². The van der Waals surface area contributed by atoms with Crippen molar-refractivity contribution < 1.29 is 4.79 Å². The number of aromatic nitrogens is 1. The fourth-order valence-electron chi connectivity index (χ4n) is 4.50. The topological polar surface area (TPSA) is 48.5 Å². The average Bonchev–Trinajstić information content (AvgIpc) is 3.08. The van der Waals surface area contributed by atoms with E-state index >= 15 is 0 Å². The lowest BCUT2D eigenvalue weighted by molar-refractivity contribution is -0.144. The van der Waals surface area contributed by atoms with Gasteiger partial charge in [0.05, 0.1) is 0 Å². The van der Waals surface area contributed by atoms with Gasteiger partial charge >= 0.3 is 0 Å². The Kier molecular flexibility index (Phi) is 5.61. The Morgan fingerprint density at radius 2 is 1.71 bits per heavy atom. The van der Waals surface area contributed by atoms with Crippen LogP contribution >= 0.6 is 23.2 Å². The van der Waals surface area contributed by atoms with E-state index in [1.807, 2.05) is 7.05 Å². The van der Waals surface area contributed by atoms with Gasteiger partial charge in [0, 0.05) is 52.6 Å². The number of carbonyl (C=O) groups excluding carboxylic acids is 1. The van der Waals surface area contributed by atoms with Gasteiger partial charge in [0.25, 0.3) is 0 Å². The second-order valence-corrected chi connectivity index (χ2v) is 8.45. The summed E-state index contributed by atoms with van der Waals surface area (Å²) in [6.45, 7) is 4.02. The molecule has 148 valence electrons. The molecule has 7 heteroatoms. The van der Waals surface area contributed by atoms with E-state index in [2.05, 4.69) is 39.5 Å². The zero-order valence-corrected chi connectivity index (χ0v) is 17.4. The summed E-state index contributed by atoms with van der Waals surface area (Å²) in [4.78, 5) is 22.0. The van der Waals surface area contributed by atoms with E-state index in [1.165, 1.54) is 11.1 Å². The van der Waals surface area contributed by atoms with Crippen LogP contribution in [0.3, 0.4) is 0 Å². The number of likely N-dealkylation sites (N-methyl/N-ethyl adjacent to an activating group) is 1. The zero-order valence-electron chi connectivity index (χ0n) is 15.9. The Morgan fingerprint density at radius 3 is 2.29 bits per heavy atom. The molecule has 2 heterocycles. The fourth-order valence-corrected chi connectivity index (χ4v) is 5.01. The molecule has 2 aromatic rings. The molecule has 1 saturated heterocycles. The molecule has 0 bridgehead atoms. The number of carbonyl (C=O) groups is 1. The average molecular weight is 419 g/mol. The smallest absolute Gasteiger partial charge is 0.243 e. The van der Waals surface area contributed by atoms with E-state index in [-0.39, 0.29) is 5.91 Å². The normalized spacial score (nSPS) is 18.7. The monoisotopic (exact) mass is 418 g/mol. The van der Waals surface area contributed by atoms with E-state index in [0.29, 0.717) is 16.9 Å². The summed E-state index contributed by atoms with van der Waals surface area (Å²) < 4.78 is 0. The third-order valence-electron chi connectivity index (χ3n) is 5.79. The summed E-state index contributed by atoms with van der Waals surface area (Å²) in [7, 11) is 1.86. The number of pyridine rings is 1. The van der Waals surface area contributed by atoms with E-state index < -0.39 is 5.54 Å². The minimum absolute atomic E-state index is 0.148. The van der Waals surface area contributed by atoms with Gasteiger partial charge in [0.15, 0.2) is 0 Å². The standard InChI is InChI=1S/C21H24Cl2N4O/c1-26(14-15-10-18(22)25-19(23)11-15)20(28)21(27-8-6-24-7-9-27)12-16-4-2-3-5-17(16)13-21/h2-5,10-11,24H,6-9,12-14H2,1H3. The summed E-state index contributed by atoms with van der Waals surface area (Å²) in [5, 5.41) is 4.08. The quantitative estimate of drug-likeness (QED) is 0.775. The summed E-state index contributed by atoms with van der Waals surface area (Å²) in [5.74, 6) is 0.148. The minimum atomic E-state index is -0.527. The van der Waals surface area contributed by atoms with Crippen LogP contribution in [0, 0.1) is 0 Å². The molecule has 1 N–H and O–H groups in total. The zero-order chi connectivity index (χ0) is 19.7. The number of halogens is 2. The van der Waals surface area contributed by atoms with Crippen LogP contribution in [-0.2, 0) is 24.2 Å². The molecule has 28 heavy (non-hydrogen) atoms. The number of rotatable bonds is 4. The van der Waals surface area contributed by atoms with Crippen LogP contribution in [-0.4, -0.2) is 59.5 Å². The number of benzene rings is 1. The van der Waals surface area contributed by atoms with Crippen molar-refractivity contribution >= 4 is 29.1 Å². The van der Waals surface area contributed by atoms with Crippen molar-refractivity contribution in [1.29, 1.82) is 0 Å². The van der Waals surface area contributed by atoms with E-state index in [1.54, 1.807) is 17.0 Å². The van der Waals surface area contributed by atoms with E-state index in [4.69, 9.17) is 23.2 Å². The molecule has 1 fully saturated rings. The molecule has 0 spiro atoms. The van der Waals surface area contributed by atoms with Crippen molar-refractivity contribution in [3.63, 3.8) is 0 Å². The lowest BCUT2D eigenvalue weighted by atomic mass is 9.90. The van der Waals surface area contributed by atoms with Crippen LogP contribution in [0.25, 0.3) is 0 Å². The molecule has 1 aromatic carbocycles. The summed E-state index contributed by atoms with van der Waals surface area (Å²) in [5.41, 5.74) is 2.91. The first-order valence-corrected chi connectivity index (χ1v) is 10.3. The second kappa shape index (κ2) is 7.99.